The van der Waals surface area contributed by atoms with Crippen molar-refractivity contribution in [2.75, 3.05) is 18.2 Å². The lowest BCUT2D eigenvalue weighted by Gasteiger charge is -2.11. The van der Waals surface area contributed by atoms with Gasteiger partial charge in [-0.1, -0.05) is 12.1 Å². The maximum atomic E-state index is 12.4. The summed E-state index contributed by atoms with van der Waals surface area (Å²) < 4.78 is 5.12. The number of hydrogen-bond donors (Lipinski definition) is 3. The van der Waals surface area contributed by atoms with Crippen LogP contribution >= 0.6 is 0 Å². The molecule has 106 valence electrons. The Labute approximate surface area is 120 Å². The van der Waals surface area contributed by atoms with E-state index in [1.165, 1.54) is 7.11 Å². The van der Waals surface area contributed by atoms with E-state index < -0.39 is 0 Å². The van der Waals surface area contributed by atoms with Crippen LogP contribution in [-0.4, -0.2) is 23.2 Å². The number of aromatic amines is 1. The van der Waals surface area contributed by atoms with Gasteiger partial charge >= 0.3 is 0 Å². The van der Waals surface area contributed by atoms with E-state index in [4.69, 9.17) is 10.5 Å². The molecule has 3 rings (SSSR count). The lowest BCUT2D eigenvalue weighted by molar-refractivity contribution is 0.102. The number of carbonyl (C=O) groups is 1. The van der Waals surface area contributed by atoms with Crippen molar-refractivity contribution < 1.29 is 9.53 Å². The first kappa shape index (κ1) is 13.0. The molecule has 1 heterocycles. The number of anilines is 2. The number of hydrogen-bond acceptors (Lipinski definition) is 4. The molecule has 0 aliphatic rings. The molecule has 0 bridgehead atoms. The molecule has 0 spiro atoms. The van der Waals surface area contributed by atoms with Crippen LogP contribution in [-0.2, 0) is 0 Å². The number of carbonyl (C=O) groups excluding carboxylic acids is 1. The average Bonchev–Trinajstić information content (AvgIpc) is 2.97. The van der Waals surface area contributed by atoms with Gasteiger partial charge in [-0.25, -0.2) is 0 Å². The van der Waals surface area contributed by atoms with E-state index in [0.717, 1.165) is 10.9 Å². The van der Waals surface area contributed by atoms with Gasteiger partial charge in [0.25, 0.3) is 5.91 Å². The van der Waals surface area contributed by atoms with Crippen molar-refractivity contribution in [3.8, 4) is 5.75 Å². The molecule has 0 aliphatic heterocycles. The van der Waals surface area contributed by atoms with Crippen LogP contribution in [0.15, 0.2) is 42.6 Å². The van der Waals surface area contributed by atoms with E-state index in [0.29, 0.717) is 22.7 Å². The highest BCUT2D eigenvalue weighted by Crippen LogP contribution is 2.27. The van der Waals surface area contributed by atoms with Gasteiger partial charge in [-0.3, -0.25) is 9.89 Å². The molecule has 0 saturated heterocycles. The van der Waals surface area contributed by atoms with Crippen molar-refractivity contribution in [2.24, 2.45) is 0 Å². The van der Waals surface area contributed by atoms with Crippen LogP contribution in [0.1, 0.15) is 10.4 Å². The van der Waals surface area contributed by atoms with Crippen molar-refractivity contribution in [2.45, 2.75) is 0 Å². The zero-order valence-corrected chi connectivity index (χ0v) is 11.4. The van der Waals surface area contributed by atoms with Crippen molar-refractivity contribution in [3.05, 3.63) is 48.2 Å². The average molecular weight is 282 g/mol. The van der Waals surface area contributed by atoms with Crippen LogP contribution in [0.25, 0.3) is 10.9 Å². The van der Waals surface area contributed by atoms with Crippen molar-refractivity contribution in [1.82, 2.24) is 10.2 Å². The number of para-hydroxylation sites is 1. The number of amides is 1. The number of aromatic nitrogens is 2. The number of rotatable bonds is 3. The minimum Gasteiger partial charge on any atom is -0.495 e. The van der Waals surface area contributed by atoms with Crippen LogP contribution in [0.5, 0.6) is 5.75 Å². The highest BCUT2D eigenvalue weighted by molar-refractivity contribution is 6.11. The second kappa shape index (κ2) is 5.16. The van der Waals surface area contributed by atoms with Crippen LogP contribution in [0.3, 0.4) is 0 Å². The predicted octanol–water partition coefficient (Wildman–Crippen LogP) is 2.41. The maximum Gasteiger partial charge on any atom is 0.257 e. The minimum atomic E-state index is -0.292. The molecule has 0 radical (unpaired) electrons. The lowest BCUT2D eigenvalue weighted by atomic mass is 10.1. The SMILES string of the molecule is COc1cccc(C(=O)Nc2cccc3[nH]ncc23)c1N. The normalized spacial score (nSPS) is 10.5. The standard InChI is InChI=1S/C15H14N4O2/c1-21-13-7-2-4-9(14(13)16)15(20)18-11-5-3-6-12-10(11)8-17-19-12/h2-8H,16H2,1H3,(H,17,19)(H,18,20). The van der Waals surface area contributed by atoms with Crippen molar-refractivity contribution in [1.29, 1.82) is 0 Å². The Bertz CT molecular complexity index is 810. The molecular formula is C15H14N4O2. The number of nitrogen functional groups attached to an aromatic ring is 1. The highest BCUT2D eigenvalue weighted by Gasteiger charge is 2.14. The second-order valence-corrected chi connectivity index (χ2v) is 4.51. The van der Waals surface area contributed by atoms with E-state index >= 15 is 0 Å². The van der Waals surface area contributed by atoms with E-state index in [-0.39, 0.29) is 5.91 Å². The summed E-state index contributed by atoms with van der Waals surface area (Å²) in [6.45, 7) is 0. The Morgan fingerprint density at radius 2 is 2.10 bits per heavy atom. The molecule has 6 nitrogen and oxygen atoms in total. The van der Waals surface area contributed by atoms with E-state index in [2.05, 4.69) is 15.5 Å². The van der Waals surface area contributed by atoms with E-state index in [1.54, 1.807) is 24.4 Å². The molecule has 0 unspecified atom stereocenters. The summed E-state index contributed by atoms with van der Waals surface area (Å²) >= 11 is 0. The predicted molar refractivity (Wildman–Crippen MR) is 81.5 cm³/mol. The number of nitrogens with one attached hydrogen (secondary N) is 2. The number of methoxy groups -OCH3 is 1. The molecule has 2 aromatic carbocycles. The third-order valence-electron chi connectivity index (χ3n) is 3.26. The van der Waals surface area contributed by atoms with Crippen molar-refractivity contribution in [3.63, 3.8) is 0 Å². The summed E-state index contributed by atoms with van der Waals surface area (Å²) in [5.41, 5.74) is 8.15. The quantitative estimate of drug-likeness (QED) is 0.643. The number of nitrogens with two attached hydrogens (primary N) is 1. The molecular weight excluding hydrogens is 268 g/mol. The first-order chi connectivity index (χ1) is 10.2. The fourth-order valence-electron chi connectivity index (χ4n) is 2.19. The van der Waals surface area contributed by atoms with Crippen LogP contribution < -0.4 is 15.8 Å². The van der Waals surface area contributed by atoms with Gasteiger partial charge < -0.3 is 15.8 Å². The second-order valence-electron chi connectivity index (χ2n) is 4.51. The zero-order chi connectivity index (χ0) is 14.8. The maximum absolute atomic E-state index is 12.4. The first-order valence-corrected chi connectivity index (χ1v) is 6.36. The first-order valence-electron chi connectivity index (χ1n) is 6.36. The molecule has 3 aromatic rings. The molecule has 0 aliphatic carbocycles. The number of ether oxygens (including phenoxy) is 1. The number of H-pyrrole nitrogens is 1. The summed E-state index contributed by atoms with van der Waals surface area (Å²) in [6, 6.07) is 10.6. The fraction of sp³-hybridized carbons (Fsp3) is 0.0667. The van der Waals surface area contributed by atoms with Gasteiger partial charge in [0.2, 0.25) is 0 Å². The Kier molecular flexibility index (Phi) is 3.19. The lowest BCUT2D eigenvalue weighted by Crippen LogP contribution is -2.14. The zero-order valence-electron chi connectivity index (χ0n) is 11.4. The Hall–Kier alpha value is -3.02. The molecule has 0 atom stereocenters. The third kappa shape index (κ3) is 2.27. The van der Waals surface area contributed by atoms with Gasteiger partial charge in [0.15, 0.2) is 0 Å². The van der Waals surface area contributed by atoms with Crippen LogP contribution in [0.2, 0.25) is 0 Å². The Balaban J connectivity index is 1.95. The number of fused-ring (bicyclic) bond motifs is 1. The summed E-state index contributed by atoms with van der Waals surface area (Å²) in [7, 11) is 1.51. The molecule has 0 saturated carbocycles. The van der Waals surface area contributed by atoms with Crippen LogP contribution in [0, 0.1) is 0 Å². The molecule has 0 fully saturated rings. The van der Waals surface area contributed by atoms with Gasteiger partial charge in [-0.2, -0.15) is 5.10 Å². The smallest absolute Gasteiger partial charge is 0.257 e. The summed E-state index contributed by atoms with van der Waals surface area (Å²) in [6.07, 6.45) is 1.67. The van der Waals surface area contributed by atoms with Crippen molar-refractivity contribution >= 4 is 28.2 Å². The van der Waals surface area contributed by atoms with Gasteiger partial charge in [-0.05, 0) is 24.3 Å². The molecule has 4 N–H and O–H groups in total. The molecule has 21 heavy (non-hydrogen) atoms. The van der Waals surface area contributed by atoms with Gasteiger partial charge in [-0.15, -0.1) is 0 Å². The molecule has 1 amide bonds. The summed E-state index contributed by atoms with van der Waals surface area (Å²) in [5, 5.41) is 10.5. The fourth-order valence-corrected chi connectivity index (χ4v) is 2.19. The third-order valence-corrected chi connectivity index (χ3v) is 3.26. The van der Waals surface area contributed by atoms with Gasteiger partial charge in [0, 0.05) is 5.39 Å². The van der Waals surface area contributed by atoms with Gasteiger partial charge in [0.05, 0.1) is 35.8 Å². The van der Waals surface area contributed by atoms with Gasteiger partial charge in [0.1, 0.15) is 5.75 Å². The number of benzene rings is 2. The largest absolute Gasteiger partial charge is 0.495 e. The summed E-state index contributed by atoms with van der Waals surface area (Å²) in [4.78, 5) is 12.4. The molecule has 1 aromatic heterocycles. The summed E-state index contributed by atoms with van der Waals surface area (Å²) in [5.74, 6) is 0.185. The van der Waals surface area contributed by atoms with Crippen LogP contribution in [0.4, 0.5) is 11.4 Å². The Morgan fingerprint density at radius 3 is 2.90 bits per heavy atom. The highest BCUT2D eigenvalue weighted by atomic mass is 16.5. The van der Waals surface area contributed by atoms with E-state index in [1.807, 2.05) is 18.2 Å². The topological polar surface area (TPSA) is 93.0 Å². The van der Waals surface area contributed by atoms with E-state index in [9.17, 15) is 4.79 Å². The number of nitrogens with zero attached hydrogens (tertiary/aromatic N) is 1. The minimum absolute atomic E-state index is 0.292. The Morgan fingerprint density at radius 1 is 1.29 bits per heavy atom. The molecule has 6 heteroatoms. The monoisotopic (exact) mass is 282 g/mol.